The molecule has 2 fully saturated rings. The number of alkyl carbamates (subject to hydrolysis) is 1. The molecular weight excluding hydrogens is 442 g/mol. The molecule has 5 rings (SSSR count). The van der Waals surface area contributed by atoms with E-state index in [4.69, 9.17) is 14.1 Å². The fraction of sp³-hybridized carbons (Fsp3) is 0.519. The van der Waals surface area contributed by atoms with Gasteiger partial charge in [0, 0.05) is 30.9 Å². The number of hydrogen-bond acceptors (Lipinski definition) is 7. The monoisotopic (exact) mass is 477 g/mol. The topological polar surface area (TPSA) is 92.5 Å². The van der Waals surface area contributed by atoms with Gasteiger partial charge in [-0.05, 0) is 70.1 Å². The van der Waals surface area contributed by atoms with Gasteiger partial charge in [-0.1, -0.05) is 6.92 Å². The number of nitrogens with zero attached hydrogens (tertiary/aromatic N) is 3. The van der Waals surface area contributed by atoms with E-state index in [1.165, 1.54) is 18.4 Å². The van der Waals surface area contributed by atoms with Gasteiger partial charge in [-0.3, -0.25) is 4.98 Å². The first-order chi connectivity index (χ1) is 16.7. The Hall–Kier alpha value is -3.29. The number of anilines is 2. The fourth-order valence-electron chi connectivity index (χ4n) is 4.87. The molecule has 2 aliphatic rings. The SMILES string of the molecule is C[C@@H]1C[C@H](NC(=O)OC(C)(C)C)CN(c2ccncc2NCc2ccc3occ(C4CC4)c3n2)C1. The minimum atomic E-state index is -0.515. The number of nitrogens with one attached hydrogen (secondary N) is 2. The molecule has 1 aliphatic carbocycles. The van der Waals surface area contributed by atoms with E-state index in [9.17, 15) is 4.79 Å². The molecule has 4 heterocycles. The summed E-state index contributed by atoms with van der Waals surface area (Å²) in [6.07, 6.45) is 8.53. The summed E-state index contributed by atoms with van der Waals surface area (Å²) < 4.78 is 11.2. The van der Waals surface area contributed by atoms with E-state index in [-0.39, 0.29) is 12.1 Å². The second-order valence-electron chi connectivity index (χ2n) is 11.0. The van der Waals surface area contributed by atoms with Gasteiger partial charge in [0.1, 0.15) is 11.1 Å². The molecule has 186 valence electrons. The van der Waals surface area contributed by atoms with Gasteiger partial charge < -0.3 is 24.7 Å². The molecule has 1 amide bonds. The van der Waals surface area contributed by atoms with E-state index in [1.807, 2.05) is 57.6 Å². The molecule has 8 nitrogen and oxygen atoms in total. The van der Waals surface area contributed by atoms with Gasteiger partial charge in [0.15, 0.2) is 5.58 Å². The molecule has 0 unspecified atom stereocenters. The van der Waals surface area contributed by atoms with Crippen molar-refractivity contribution in [2.75, 3.05) is 23.3 Å². The number of hydrogen-bond donors (Lipinski definition) is 2. The molecule has 0 radical (unpaired) electrons. The predicted molar refractivity (Wildman–Crippen MR) is 137 cm³/mol. The average molecular weight is 478 g/mol. The van der Waals surface area contributed by atoms with Gasteiger partial charge in [0.05, 0.1) is 36.1 Å². The van der Waals surface area contributed by atoms with E-state index in [2.05, 4.69) is 27.4 Å². The number of aromatic nitrogens is 2. The molecule has 8 heteroatoms. The number of rotatable bonds is 6. The van der Waals surface area contributed by atoms with Crippen LogP contribution in [0.4, 0.5) is 16.2 Å². The maximum absolute atomic E-state index is 12.4. The second kappa shape index (κ2) is 9.40. The van der Waals surface area contributed by atoms with Crippen molar-refractivity contribution in [1.29, 1.82) is 0 Å². The highest BCUT2D eigenvalue weighted by Gasteiger charge is 2.29. The van der Waals surface area contributed by atoms with Crippen LogP contribution >= 0.6 is 0 Å². The fourth-order valence-corrected chi connectivity index (χ4v) is 4.87. The molecule has 1 saturated heterocycles. The van der Waals surface area contributed by atoms with Crippen molar-refractivity contribution in [3.63, 3.8) is 0 Å². The minimum Gasteiger partial charge on any atom is -0.462 e. The number of piperidine rings is 1. The zero-order valence-corrected chi connectivity index (χ0v) is 21.0. The standard InChI is InChI=1S/C27H35N5O3/c1-17-11-20(31-26(33)35-27(2,3)4)15-32(14-17)23-9-10-28-13-22(23)29-12-19-7-8-24-25(30-19)21(16-34-24)18-5-6-18/h7-10,13,16-18,20,29H,5-6,11-12,14-15H2,1-4H3,(H,31,33)/t17-,20+/m1/s1. The number of pyridine rings is 2. The Morgan fingerprint density at radius 3 is 2.83 bits per heavy atom. The average Bonchev–Trinajstić information content (AvgIpc) is 3.55. The molecule has 1 aliphatic heterocycles. The lowest BCUT2D eigenvalue weighted by Crippen LogP contribution is -2.51. The lowest BCUT2D eigenvalue weighted by atomic mass is 9.95. The normalized spacial score (nSPS) is 20.6. The predicted octanol–water partition coefficient (Wildman–Crippen LogP) is 5.45. The third-order valence-corrected chi connectivity index (χ3v) is 6.50. The zero-order valence-electron chi connectivity index (χ0n) is 21.0. The van der Waals surface area contributed by atoms with E-state index < -0.39 is 5.60 Å². The first-order valence-electron chi connectivity index (χ1n) is 12.5. The quantitative estimate of drug-likeness (QED) is 0.487. The van der Waals surface area contributed by atoms with Crippen LogP contribution in [0.1, 0.15) is 64.1 Å². The van der Waals surface area contributed by atoms with Crippen LogP contribution in [0.3, 0.4) is 0 Å². The van der Waals surface area contributed by atoms with E-state index in [1.54, 1.807) is 0 Å². The number of carbonyl (C=O) groups is 1. The first kappa shape index (κ1) is 23.5. The number of fused-ring (bicyclic) bond motifs is 1. The zero-order chi connectivity index (χ0) is 24.6. The minimum absolute atomic E-state index is 0.0145. The molecule has 0 spiro atoms. The van der Waals surface area contributed by atoms with Crippen molar-refractivity contribution >= 4 is 28.6 Å². The van der Waals surface area contributed by atoms with Crippen molar-refractivity contribution < 1.29 is 13.9 Å². The molecule has 3 aromatic heterocycles. The maximum Gasteiger partial charge on any atom is 0.407 e. The van der Waals surface area contributed by atoms with Crippen molar-refractivity contribution in [3.8, 4) is 0 Å². The third kappa shape index (κ3) is 5.69. The Kier molecular flexibility index (Phi) is 6.30. The van der Waals surface area contributed by atoms with Crippen LogP contribution in [0.25, 0.3) is 11.1 Å². The lowest BCUT2D eigenvalue weighted by Gasteiger charge is -2.39. The molecule has 0 aromatic carbocycles. The summed E-state index contributed by atoms with van der Waals surface area (Å²) in [7, 11) is 0. The Bertz CT molecular complexity index is 1200. The Morgan fingerprint density at radius 1 is 1.23 bits per heavy atom. The molecule has 2 atom stereocenters. The highest BCUT2D eigenvalue weighted by molar-refractivity contribution is 5.78. The van der Waals surface area contributed by atoms with Crippen LogP contribution in [0.5, 0.6) is 0 Å². The molecule has 1 saturated carbocycles. The number of ether oxygens (including phenoxy) is 1. The van der Waals surface area contributed by atoms with Crippen LogP contribution in [0.15, 0.2) is 41.3 Å². The number of furan rings is 1. The Balaban J connectivity index is 1.28. The van der Waals surface area contributed by atoms with Crippen LogP contribution in [0.2, 0.25) is 0 Å². The number of amides is 1. The first-order valence-corrected chi connectivity index (χ1v) is 12.5. The van der Waals surface area contributed by atoms with E-state index >= 15 is 0 Å². The second-order valence-corrected chi connectivity index (χ2v) is 11.0. The van der Waals surface area contributed by atoms with Gasteiger partial charge in [-0.25, -0.2) is 9.78 Å². The van der Waals surface area contributed by atoms with Gasteiger partial charge in [0.25, 0.3) is 0 Å². The summed E-state index contributed by atoms with van der Waals surface area (Å²) in [6, 6.07) is 6.06. The van der Waals surface area contributed by atoms with E-state index in [0.29, 0.717) is 24.9 Å². The summed E-state index contributed by atoms with van der Waals surface area (Å²) in [4.78, 5) is 23.9. The van der Waals surface area contributed by atoms with Crippen LogP contribution < -0.4 is 15.5 Å². The number of carbonyl (C=O) groups excluding carboxylic acids is 1. The van der Waals surface area contributed by atoms with Crippen LogP contribution in [-0.4, -0.2) is 40.8 Å². The van der Waals surface area contributed by atoms with Crippen molar-refractivity contribution in [2.45, 2.75) is 71.1 Å². The molecule has 3 aromatic rings. The summed E-state index contributed by atoms with van der Waals surface area (Å²) >= 11 is 0. The van der Waals surface area contributed by atoms with Crippen molar-refractivity contribution in [3.05, 3.63) is 48.1 Å². The highest BCUT2D eigenvalue weighted by Crippen LogP contribution is 2.43. The molecule has 35 heavy (non-hydrogen) atoms. The van der Waals surface area contributed by atoms with Crippen molar-refractivity contribution in [1.82, 2.24) is 15.3 Å². The summed E-state index contributed by atoms with van der Waals surface area (Å²) in [6.45, 7) is 10.1. The lowest BCUT2D eigenvalue weighted by molar-refractivity contribution is 0.0495. The largest absolute Gasteiger partial charge is 0.462 e. The van der Waals surface area contributed by atoms with Crippen LogP contribution in [0, 0.1) is 5.92 Å². The Labute approximate surface area is 206 Å². The smallest absolute Gasteiger partial charge is 0.407 e. The van der Waals surface area contributed by atoms with Gasteiger partial charge in [-0.2, -0.15) is 0 Å². The summed E-state index contributed by atoms with van der Waals surface area (Å²) in [5.74, 6) is 1.02. The van der Waals surface area contributed by atoms with E-state index in [0.717, 1.165) is 41.1 Å². The molecular formula is C27H35N5O3. The van der Waals surface area contributed by atoms with Crippen molar-refractivity contribution in [2.24, 2.45) is 5.92 Å². The van der Waals surface area contributed by atoms with Gasteiger partial charge >= 0.3 is 6.09 Å². The molecule has 2 N–H and O–H groups in total. The maximum atomic E-state index is 12.4. The molecule has 0 bridgehead atoms. The summed E-state index contributed by atoms with van der Waals surface area (Å²) in [5.41, 5.74) is 5.54. The Morgan fingerprint density at radius 2 is 2.06 bits per heavy atom. The van der Waals surface area contributed by atoms with Crippen LogP contribution in [-0.2, 0) is 11.3 Å². The third-order valence-electron chi connectivity index (χ3n) is 6.50. The van der Waals surface area contributed by atoms with Gasteiger partial charge in [-0.15, -0.1) is 0 Å². The van der Waals surface area contributed by atoms with Gasteiger partial charge in [0.2, 0.25) is 0 Å². The summed E-state index contributed by atoms with van der Waals surface area (Å²) in [5, 5.41) is 6.60. The highest BCUT2D eigenvalue weighted by atomic mass is 16.6.